The highest BCUT2D eigenvalue weighted by Crippen LogP contribution is 2.28. The molecule has 0 saturated carbocycles. The van der Waals surface area contributed by atoms with E-state index in [1.54, 1.807) is 42.5 Å². The molecule has 3 aromatic rings. The van der Waals surface area contributed by atoms with E-state index in [-0.39, 0.29) is 23.4 Å². The Morgan fingerprint density at radius 2 is 1.67 bits per heavy atom. The molecule has 5 nitrogen and oxygen atoms in total. The molecule has 0 aromatic heterocycles. The lowest BCUT2D eigenvalue weighted by molar-refractivity contribution is -0.120. The van der Waals surface area contributed by atoms with Gasteiger partial charge in [-0.05, 0) is 69.0 Å². The number of sulfonamides is 1. The van der Waals surface area contributed by atoms with Crippen molar-refractivity contribution in [2.45, 2.75) is 44.6 Å². The van der Waals surface area contributed by atoms with Crippen molar-refractivity contribution in [2.24, 2.45) is 0 Å². The highest BCUT2D eigenvalue weighted by atomic mass is 35.5. The molecule has 1 amide bonds. The Bertz CT molecular complexity index is 1200. The minimum atomic E-state index is -3.97. The number of amides is 1. The predicted molar refractivity (Wildman–Crippen MR) is 134 cm³/mol. The lowest BCUT2D eigenvalue weighted by atomic mass is 10.1. The maximum absolute atomic E-state index is 13.5. The number of halogens is 1. The summed E-state index contributed by atoms with van der Waals surface area (Å²) in [5.74, 6) is -0.372. The van der Waals surface area contributed by atoms with Crippen LogP contribution in [0.4, 0.5) is 5.69 Å². The van der Waals surface area contributed by atoms with E-state index in [1.165, 1.54) is 5.56 Å². The molecule has 3 rings (SSSR count). The third-order valence-corrected chi connectivity index (χ3v) is 7.65. The van der Waals surface area contributed by atoms with E-state index in [2.05, 4.69) is 5.32 Å². The van der Waals surface area contributed by atoms with Crippen LogP contribution in [-0.2, 0) is 21.2 Å². The number of carbonyl (C=O) groups excluding carboxylic acids is 1. The summed E-state index contributed by atoms with van der Waals surface area (Å²) in [7, 11) is -3.97. The zero-order valence-corrected chi connectivity index (χ0v) is 20.7. The van der Waals surface area contributed by atoms with Gasteiger partial charge < -0.3 is 5.32 Å². The second-order valence-electron chi connectivity index (χ2n) is 8.25. The van der Waals surface area contributed by atoms with E-state index in [4.69, 9.17) is 11.6 Å². The quantitative estimate of drug-likeness (QED) is 0.448. The molecule has 0 heterocycles. The first kappa shape index (κ1) is 24.8. The molecule has 0 spiro atoms. The number of anilines is 1. The van der Waals surface area contributed by atoms with Gasteiger partial charge in [0.25, 0.3) is 10.0 Å². The zero-order valence-electron chi connectivity index (χ0n) is 19.1. The molecule has 1 atom stereocenters. The minimum Gasteiger partial charge on any atom is -0.352 e. The molecular formula is C26H29ClN2O3S. The Labute approximate surface area is 201 Å². The number of rotatable bonds is 9. The Morgan fingerprint density at radius 3 is 2.30 bits per heavy atom. The number of benzene rings is 3. The van der Waals surface area contributed by atoms with Crippen LogP contribution in [0.15, 0.2) is 77.7 Å². The largest absolute Gasteiger partial charge is 0.352 e. The van der Waals surface area contributed by atoms with E-state index < -0.39 is 10.0 Å². The molecule has 7 heteroatoms. The molecule has 0 aliphatic rings. The Balaban J connectivity index is 1.79. The normalized spacial score (nSPS) is 12.2. The van der Waals surface area contributed by atoms with Crippen molar-refractivity contribution in [3.8, 4) is 0 Å². The Hall–Kier alpha value is -2.83. The molecular weight excluding hydrogens is 456 g/mol. The second kappa shape index (κ2) is 10.9. The fraction of sp³-hybridized carbons (Fsp3) is 0.269. The number of hydrogen-bond donors (Lipinski definition) is 1. The summed E-state index contributed by atoms with van der Waals surface area (Å²) in [4.78, 5) is 13.0. The van der Waals surface area contributed by atoms with E-state index >= 15 is 0 Å². The molecule has 0 bridgehead atoms. The molecule has 1 N–H and O–H groups in total. The fourth-order valence-electron chi connectivity index (χ4n) is 3.44. The molecule has 0 aliphatic heterocycles. The second-order valence-corrected chi connectivity index (χ2v) is 10.5. The molecule has 0 saturated heterocycles. The van der Waals surface area contributed by atoms with Crippen LogP contribution in [0.25, 0.3) is 0 Å². The average molecular weight is 485 g/mol. The van der Waals surface area contributed by atoms with Crippen LogP contribution < -0.4 is 9.62 Å². The Kier molecular flexibility index (Phi) is 8.16. The molecule has 3 aromatic carbocycles. The zero-order chi connectivity index (χ0) is 24.0. The summed E-state index contributed by atoms with van der Waals surface area (Å²) in [6.45, 7) is 5.30. The molecule has 0 aliphatic carbocycles. The lowest BCUT2D eigenvalue weighted by Gasteiger charge is -2.25. The number of hydrogen-bond acceptors (Lipinski definition) is 3. The van der Waals surface area contributed by atoms with Crippen molar-refractivity contribution in [2.75, 3.05) is 10.8 Å². The first-order valence-electron chi connectivity index (χ1n) is 10.9. The minimum absolute atomic E-state index is 0.108. The number of carbonyl (C=O) groups is 1. The number of nitrogens with one attached hydrogen (secondary N) is 1. The van der Waals surface area contributed by atoms with Crippen molar-refractivity contribution >= 4 is 33.2 Å². The highest BCUT2D eigenvalue weighted by molar-refractivity contribution is 7.92. The van der Waals surface area contributed by atoms with Crippen LogP contribution in [0.3, 0.4) is 0 Å². The SMILES string of the molecule is Cc1ccc(S(=O)(=O)N(CC(=O)N[C@H](C)CCc2ccccc2)c2ccc(C)c(Cl)c2)cc1. The molecule has 0 radical (unpaired) electrons. The van der Waals surface area contributed by atoms with Gasteiger partial charge in [-0.2, -0.15) is 0 Å². The van der Waals surface area contributed by atoms with E-state index in [0.717, 1.165) is 28.3 Å². The van der Waals surface area contributed by atoms with Crippen LogP contribution in [0, 0.1) is 13.8 Å². The maximum Gasteiger partial charge on any atom is 0.264 e. The molecule has 33 heavy (non-hydrogen) atoms. The van der Waals surface area contributed by atoms with Crippen LogP contribution in [0.2, 0.25) is 5.02 Å². The van der Waals surface area contributed by atoms with Crippen LogP contribution in [0.1, 0.15) is 30.0 Å². The fourth-order valence-corrected chi connectivity index (χ4v) is 5.03. The predicted octanol–water partition coefficient (Wildman–Crippen LogP) is 5.29. The van der Waals surface area contributed by atoms with Gasteiger partial charge >= 0.3 is 0 Å². The van der Waals surface area contributed by atoms with Crippen molar-refractivity contribution in [1.82, 2.24) is 5.32 Å². The van der Waals surface area contributed by atoms with Gasteiger partial charge in [-0.3, -0.25) is 9.10 Å². The summed E-state index contributed by atoms with van der Waals surface area (Å²) < 4.78 is 28.1. The van der Waals surface area contributed by atoms with E-state index in [9.17, 15) is 13.2 Å². The summed E-state index contributed by atoms with van der Waals surface area (Å²) >= 11 is 6.27. The summed E-state index contributed by atoms with van der Waals surface area (Å²) in [6.07, 6.45) is 1.57. The van der Waals surface area contributed by atoms with Crippen LogP contribution in [0.5, 0.6) is 0 Å². The highest BCUT2D eigenvalue weighted by Gasteiger charge is 2.28. The smallest absolute Gasteiger partial charge is 0.264 e. The summed E-state index contributed by atoms with van der Waals surface area (Å²) in [5.41, 5.74) is 3.31. The van der Waals surface area contributed by atoms with Gasteiger partial charge in [0, 0.05) is 11.1 Å². The number of nitrogens with zero attached hydrogens (tertiary/aromatic N) is 1. The van der Waals surface area contributed by atoms with Gasteiger partial charge in [0.1, 0.15) is 6.54 Å². The van der Waals surface area contributed by atoms with Gasteiger partial charge in [0.2, 0.25) is 5.91 Å². The van der Waals surface area contributed by atoms with Gasteiger partial charge in [0.05, 0.1) is 10.6 Å². The molecule has 0 fully saturated rings. The van der Waals surface area contributed by atoms with E-state index in [1.807, 2.05) is 51.1 Å². The summed E-state index contributed by atoms with van der Waals surface area (Å²) in [5, 5.41) is 3.37. The van der Waals surface area contributed by atoms with Crippen molar-refractivity contribution in [3.63, 3.8) is 0 Å². The van der Waals surface area contributed by atoms with Gasteiger partial charge in [-0.1, -0.05) is 65.7 Å². The molecule has 174 valence electrons. The van der Waals surface area contributed by atoms with Crippen molar-refractivity contribution < 1.29 is 13.2 Å². The van der Waals surface area contributed by atoms with Crippen LogP contribution in [-0.4, -0.2) is 26.9 Å². The Morgan fingerprint density at radius 1 is 1.00 bits per heavy atom. The van der Waals surface area contributed by atoms with Crippen molar-refractivity contribution in [1.29, 1.82) is 0 Å². The third kappa shape index (κ3) is 6.59. The number of aryl methyl sites for hydroxylation is 3. The topological polar surface area (TPSA) is 66.5 Å². The van der Waals surface area contributed by atoms with E-state index in [0.29, 0.717) is 10.7 Å². The monoisotopic (exact) mass is 484 g/mol. The average Bonchev–Trinajstić information content (AvgIpc) is 2.79. The first-order valence-corrected chi connectivity index (χ1v) is 12.7. The molecule has 0 unspecified atom stereocenters. The third-order valence-electron chi connectivity index (χ3n) is 5.46. The van der Waals surface area contributed by atoms with Gasteiger partial charge in [-0.25, -0.2) is 8.42 Å². The maximum atomic E-state index is 13.5. The standard InChI is InChI=1S/C26H29ClN2O3S/c1-19-9-15-24(16-10-19)33(31,32)29(23-14-11-20(2)25(27)17-23)18-26(30)28-21(3)12-13-22-7-5-4-6-8-22/h4-11,14-17,21H,12-13,18H2,1-3H3,(H,28,30)/t21-/m1/s1. The van der Waals surface area contributed by atoms with Crippen molar-refractivity contribution in [3.05, 3.63) is 94.5 Å². The van der Waals surface area contributed by atoms with Gasteiger partial charge in [-0.15, -0.1) is 0 Å². The first-order chi connectivity index (χ1) is 15.7. The summed E-state index contributed by atoms with van der Waals surface area (Å²) in [6, 6.07) is 21.5. The lowest BCUT2D eigenvalue weighted by Crippen LogP contribution is -2.43. The van der Waals surface area contributed by atoms with Crippen LogP contribution >= 0.6 is 11.6 Å². The van der Waals surface area contributed by atoms with Gasteiger partial charge in [0.15, 0.2) is 0 Å².